The van der Waals surface area contributed by atoms with Gasteiger partial charge in [-0.3, -0.25) is 0 Å². The van der Waals surface area contributed by atoms with Gasteiger partial charge in [0.2, 0.25) is 0 Å². The lowest BCUT2D eigenvalue weighted by molar-refractivity contribution is 0.222. The molecule has 0 spiro atoms. The minimum absolute atomic E-state index is 0.577. The first kappa shape index (κ1) is 11.1. The molecule has 0 bridgehead atoms. The van der Waals surface area contributed by atoms with Gasteiger partial charge in [-0.15, -0.1) is 0 Å². The molecule has 0 saturated heterocycles. The van der Waals surface area contributed by atoms with Gasteiger partial charge in [-0.1, -0.05) is 11.6 Å². The van der Waals surface area contributed by atoms with Gasteiger partial charge in [0.25, 0.3) is 0 Å². The van der Waals surface area contributed by atoms with Gasteiger partial charge in [-0.2, -0.15) is 0 Å². The largest absolute Gasteiger partial charge is 0.461 e. The standard InChI is InChI=1S/C14H16ClNO/c1-16-8-9-2-4-12(9)14-7-10-6-11(15)3-5-13(10)17-14/h3,5-7,9,12,16H,2,4,8H2,1H3. The molecule has 1 aliphatic carbocycles. The summed E-state index contributed by atoms with van der Waals surface area (Å²) >= 11 is 5.98. The van der Waals surface area contributed by atoms with Crippen LogP contribution in [-0.4, -0.2) is 13.6 Å². The molecule has 2 aromatic rings. The number of rotatable bonds is 3. The fourth-order valence-corrected chi connectivity index (χ4v) is 2.85. The summed E-state index contributed by atoms with van der Waals surface area (Å²) in [6, 6.07) is 7.94. The van der Waals surface area contributed by atoms with E-state index in [0.717, 1.165) is 34.2 Å². The highest BCUT2D eigenvalue weighted by molar-refractivity contribution is 6.31. The highest BCUT2D eigenvalue weighted by Crippen LogP contribution is 2.43. The average molecular weight is 250 g/mol. The summed E-state index contributed by atoms with van der Waals surface area (Å²) in [5.41, 5.74) is 0.944. The van der Waals surface area contributed by atoms with Crippen LogP contribution in [0.4, 0.5) is 0 Å². The van der Waals surface area contributed by atoms with Gasteiger partial charge in [0.15, 0.2) is 0 Å². The van der Waals surface area contributed by atoms with Gasteiger partial charge in [0.05, 0.1) is 0 Å². The number of halogens is 1. The maximum atomic E-state index is 5.98. The van der Waals surface area contributed by atoms with Crippen LogP contribution in [0.25, 0.3) is 11.0 Å². The molecule has 1 saturated carbocycles. The van der Waals surface area contributed by atoms with E-state index in [1.165, 1.54) is 12.8 Å². The molecule has 3 rings (SSSR count). The second kappa shape index (κ2) is 4.35. The van der Waals surface area contributed by atoms with Crippen molar-refractivity contribution < 1.29 is 4.42 Å². The highest BCUT2D eigenvalue weighted by Gasteiger charge is 2.33. The topological polar surface area (TPSA) is 25.2 Å². The van der Waals surface area contributed by atoms with Crippen LogP contribution in [0.3, 0.4) is 0 Å². The Morgan fingerprint density at radius 1 is 1.35 bits per heavy atom. The molecule has 0 amide bonds. The summed E-state index contributed by atoms with van der Waals surface area (Å²) in [5, 5.41) is 5.13. The van der Waals surface area contributed by atoms with Gasteiger partial charge in [-0.05, 0) is 56.6 Å². The van der Waals surface area contributed by atoms with Crippen molar-refractivity contribution in [1.29, 1.82) is 0 Å². The van der Waals surface area contributed by atoms with E-state index in [0.29, 0.717) is 5.92 Å². The van der Waals surface area contributed by atoms with Gasteiger partial charge in [-0.25, -0.2) is 0 Å². The van der Waals surface area contributed by atoms with E-state index in [2.05, 4.69) is 11.4 Å². The quantitative estimate of drug-likeness (QED) is 0.895. The molecule has 1 aromatic carbocycles. The van der Waals surface area contributed by atoms with Gasteiger partial charge >= 0.3 is 0 Å². The minimum atomic E-state index is 0.577. The lowest BCUT2D eigenvalue weighted by Crippen LogP contribution is -2.31. The SMILES string of the molecule is CNCC1CCC1c1cc2cc(Cl)ccc2o1. The third-order valence-electron chi connectivity index (χ3n) is 3.75. The highest BCUT2D eigenvalue weighted by atomic mass is 35.5. The van der Waals surface area contributed by atoms with Crippen molar-refractivity contribution in [3.8, 4) is 0 Å². The summed E-state index contributed by atoms with van der Waals surface area (Å²) in [5.74, 6) is 2.42. The Labute approximate surface area is 106 Å². The number of furan rings is 1. The Morgan fingerprint density at radius 3 is 2.94 bits per heavy atom. The van der Waals surface area contributed by atoms with E-state index in [-0.39, 0.29) is 0 Å². The summed E-state index contributed by atoms with van der Waals surface area (Å²) in [4.78, 5) is 0. The second-order valence-electron chi connectivity index (χ2n) is 4.83. The molecule has 2 atom stereocenters. The van der Waals surface area contributed by atoms with Crippen LogP contribution in [0.15, 0.2) is 28.7 Å². The lowest BCUT2D eigenvalue weighted by Gasteiger charge is -2.35. The monoisotopic (exact) mass is 249 g/mol. The third-order valence-corrected chi connectivity index (χ3v) is 3.98. The summed E-state index contributed by atoms with van der Waals surface area (Å²) < 4.78 is 5.92. The van der Waals surface area contributed by atoms with E-state index < -0.39 is 0 Å². The van der Waals surface area contributed by atoms with Crippen molar-refractivity contribution in [2.75, 3.05) is 13.6 Å². The molecule has 1 N–H and O–H groups in total. The fourth-order valence-electron chi connectivity index (χ4n) is 2.67. The summed E-state index contributed by atoms with van der Waals surface area (Å²) in [7, 11) is 2.01. The van der Waals surface area contributed by atoms with Gasteiger partial charge in [0.1, 0.15) is 11.3 Å². The second-order valence-corrected chi connectivity index (χ2v) is 5.27. The number of benzene rings is 1. The van der Waals surface area contributed by atoms with E-state index >= 15 is 0 Å². The Balaban J connectivity index is 1.90. The Bertz CT molecular complexity index is 534. The first-order valence-corrected chi connectivity index (χ1v) is 6.49. The van der Waals surface area contributed by atoms with Crippen LogP contribution >= 0.6 is 11.6 Å². The normalized spacial score (nSPS) is 23.9. The van der Waals surface area contributed by atoms with Crippen LogP contribution < -0.4 is 5.32 Å². The number of hydrogen-bond donors (Lipinski definition) is 1. The molecule has 1 aromatic heterocycles. The van der Waals surface area contributed by atoms with E-state index in [1.54, 1.807) is 0 Å². The Kier molecular flexibility index (Phi) is 2.85. The van der Waals surface area contributed by atoms with E-state index in [4.69, 9.17) is 16.0 Å². The Morgan fingerprint density at radius 2 is 2.24 bits per heavy atom. The molecule has 0 aliphatic heterocycles. The first-order chi connectivity index (χ1) is 8.28. The molecule has 3 heteroatoms. The van der Waals surface area contributed by atoms with Crippen LogP contribution in [0.1, 0.15) is 24.5 Å². The molecule has 1 aliphatic rings. The van der Waals surface area contributed by atoms with Crippen molar-refractivity contribution in [3.05, 3.63) is 35.0 Å². The molecule has 2 nitrogen and oxygen atoms in total. The summed E-state index contributed by atoms with van der Waals surface area (Å²) in [6.07, 6.45) is 2.53. The smallest absolute Gasteiger partial charge is 0.134 e. The van der Waals surface area contributed by atoms with Gasteiger partial charge < -0.3 is 9.73 Å². The first-order valence-electron chi connectivity index (χ1n) is 6.11. The third kappa shape index (κ3) is 1.96. The zero-order chi connectivity index (χ0) is 11.8. The maximum Gasteiger partial charge on any atom is 0.134 e. The molecule has 2 unspecified atom stereocenters. The summed E-state index contributed by atoms with van der Waals surface area (Å²) in [6.45, 7) is 1.07. The Hall–Kier alpha value is -0.990. The number of nitrogens with one attached hydrogen (secondary N) is 1. The maximum absolute atomic E-state index is 5.98. The van der Waals surface area contributed by atoms with E-state index in [1.807, 2.05) is 25.2 Å². The predicted octanol–water partition coefficient (Wildman–Crippen LogP) is 3.80. The molecule has 1 heterocycles. The molecule has 90 valence electrons. The van der Waals surface area contributed by atoms with Crippen LogP contribution in [0.5, 0.6) is 0 Å². The zero-order valence-corrected chi connectivity index (χ0v) is 10.6. The van der Waals surface area contributed by atoms with Crippen molar-refractivity contribution in [3.63, 3.8) is 0 Å². The molecule has 0 radical (unpaired) electrons. The number of hydrogen-bond acceptors (Lipinski definition) is 2. The molecular weight excluding hydrogens is 234 g/mol. The average Bonchev–Trinajstić information content (AvgIpc) is 2.66. The van der Waals surface area contributed by atoms with Gasteiger partial charge in [0, 0.05) is 16.3 Å². The molecular formula is C14H16ClNO. The van der Waals surface area contributed by atoms with Crippen LogP contribution in [-0.2, 0) is 0 Å². The van der Waals surface area contributed by atoms with Crippen molar-refractivity contribution >= 4 is 22.6 Å². The van der Waals surface area contributed by atoms with Crippen molar-refractivity contribution in [1.82, 2.24) is 5.32 Å². The minimum Gasteiger partial charge on any atom is -0.461 e. The number of fused-ring (bicyclic) bond motifs is 1. The predicted molar refractivity (Wildman–Crippen MR) is 70.6 cm³/mol. The van der Waals surface area contributed by atoms with Crippen LogP contribution in [0, 0.1) is 5.92 Å². The van der Waals surface area contributed by atoms with E-state index in [9.17, 15) is 0 Å². The van der Waals surface area contributed by atoms with Crippen molar-refractivity contribution in [2.24, 2.45) is 5.92 Å². The zero-order valence-electron chi connectivity index (χ0n) is 9.87. The fraction of sp³-hybridized carbons (Fsp3) is 0.429. The lowest BCUT2D eigenvalue weighted by atomic mass is 9.72. The van der Waals surface area contributed by atoms with Crippen LogP contribution in [0.2, 0.25) is 5.02 Å². The molecule has 1 fully saturated rings. The van der Waals surface area contributed by atoms with Crippen molar-refractivity contribution in [2.45, 2.75) is 18.8 Å². The molecule has 17 heavy (non-hydrogen) atoms.